The number of hydrogen-bond acceptors (Lipinski definition) is 3. The van der Waals surface area contributed by atoms with Crippen molar-refractivity contribution in [3.8, 4) is 5.75 Å². The molecule has 0 radical (unpaired) electrons. The highest BCUT2D eigenvalue weighted by Crippen LogP contribution is 2.13. The second kappa shape index (κ2) is 4.40. The average molecular weight is 178 g/mol. The predicted octanol–water partition coefficient (Wildman–Crippen LogP) is 1.35. The first-order chi connectivity index (χ1) is 6.22. The van der Waals surface area contributed by atoms with Gasteiger partial charge in [-0.2, -0.15) is 0 Å². The molecule has 0 aliphatic carbocycles. The molecule has 0 aromatic heterocycles. The molecule has 0 atom stereocenters. The van der Waals surface area contributed by atoms with Gasteiger partial charge in [-0.1, -0.05) is 12.1 Å². The van der Waals surface area contributed by atoms with E-state index in [4.69, 9.17) is 4.74 Å². The van der Waals surface area contributed by atoms with Gasteiger partial charge < -0.3 is 9.53 Å². The van der Waals surface area contributed by atoms with Gasteiger partial charge in [-0.3, -0.25) is 4.79 Å². The molecule has 0 spiro atoms. The molecule has 0 amide bonds. The van der Waals surface area contributed by atoms with Gasteiger partial charge in [0.25, 0.3) is 0 Å². The Kier molecular flexibility index (Phi) is 3.20. The van der Waals surface area contributed by atoms with Crippen molar-refractivity contribution in [1.82, 2.24) is 0 Å². The molecular formula is C10H10O3. The fourth-order valence-electron chi connectivity index (χ4n) is 0.998. The van der Waals surface area contributed by atoms with Gasteiger partial charge in [0, 0.05) is 13.3 Å². The van der Waals surface area contributed by atoms with Crippen molar-refractivity contribution in [3.63, 3.8) is 0 Å². The molecule has 0 N–H and O–H groups in total. The summed E-state index contributed by atoms with van der Waals surface area (Å²) in [5.74, 6) is 0.120. The number of benzene rings is 1. The molecule has 1 aromatic carbocycles. The zero-order valence-electron chi connectivity index (χ0n) is 7.32. The summed E-state index contributed by atoms with van der Waals surface area (Å²) in [4.78, 5) is 20.8. The summed E-state index contributed by atoms with van der Waals surface area (Å²) in [6, 6.07) is 6.91. The van der Waals surface area contributed by atoms with Crippen LogP contribution in [0.1, 0.15) is 12.5 Å². The number of esters is 1. The van der Waals surface area contributed by atoms with E-state index in [1.54, 1.807) is 24.3 Å². The van der Waals surface area contributed by atoms with Gasteiger partial charge in [0.2, 0.25) is 0 Å². The first kappa shape index (κ1) is 9.45. The SMILES string of the molecule is CC(=O)Oc1cccc(CC=O)c1. The van der Waals surface area contributed by atoms with Crippen LogP contribution in [0, 0.1) is 0 Å². The van der Waals surface area contributed by atoms with E-state index in [1.807, 2.05) is 0 Å². The highest BCUT2D eigenvalue weighted by molar-refractivity contribution is 5.69. The molecule has 0 aliphatic heterocycles. The van der Waals surface area contributed by atoms with Crippen molar-refractivity contribution < 1.29 is 14.3 Å². The molecule has 0 unspecified atom stereocenters. The summed E-state index contributed by atoms with van der Waals surface area (Å²) < 4.78 is 4.85. The maximum atomic E-state index is 10.6. The largest absolute Gasteiger partial charge is 0.427 e. The number of carbonyl (C=O) groups excluding carboxylic acids is 2. The monoisotopic (exact) mass is 178 g/mol. The predicted molar refractivity (Wildman–Crippen MR) is 47.5 cm³/mol. The van der Waals surface area contributed by atoms with Crippen LogP contribution in [-0.2, 0) is 16.0 Å². The Morgan fingerprint density at radius 3 is 2.92 bits per heavy atom. The maximum Gasteiger partial charge on any atom is 0.308 e. The van der Waals surface area contributed by atoms with Crippen LogP contribution >= 0.6 is 0 Å². The minimum Gasteiger partial charge on any atom is -0.427 e. The summed E-state index contributed by atoms with van der Waals surface area (Å²) in [7, 11) is 0. The van der Waals surface area contributed by atoms with Gasteiger partial charge >= 0.3 is 5.97 Å². The Morgan fingerprint density at radius 1 is 1.54 bits per heavy atom. The average Bonchev–Trinajstić information content (AvgIpc) is 2.04. The van der Waals surface area contributed by atoms with Gasteiger partial charge in [0.15, 0.2) is 0 Å². The molecule has 0 heterocycles. The van der Waals surface area contributed by atoms with Crippen LogP contribution in [0.4, 0.5) is 0 Å². The number of aldehydes is 1. The third kappa shape index (κ3) is 3.07. The molecule has 1 rings (SSSR count). The van der Waals surface area contributed by atoms with E-state index in [0.717, 1.165) is 11.8 Å². The lowest BCUT2D eigenvalue weighted by Crippen LogP contribution is -2.01. The first-order valence-electron chi connectivity index (χ1n) is 3.93. The van der Waals surface area contributed by atoms with E-state index in [2.05, 4.69) is 0 Å². The Morgan fingerprint density at radius 2 is 2.31 bits per heavy atom. The highest BCUT2D eigenvalue weighted by Gasteiger charge is 1.98. The van der Waals surface area contributed by atoms with Gasteiger partial charge in [0.1, 0.15) is 12.0 Å². The lowest BCUT2D eigenvalue weighted by molar-refractivity contribution is -0.131. The number of carbonyl (C=O) groups is 2. The van der Waals surface area contributed by atoms with Crippen molar-refractivity contribution in [2.24, 2.45) is 0 Å². The fourth-order valence-corrected chi connectivity index (χ4v) is 0.998. The topological polar surface area (TPSA) is 43.4 Å². The quantitative estimate of drug-likeness (QED) is 0.398. The van der Waals surface area contributed by atoms with E-state index in [9.17, 15) is 9.59 Å². The molecule has 3 heteroatoms. The first-order valence-corrected chi connectivity index (χ1v) is 3.93. The van der Waals surface area contributed by atoms with E-state index in [-0.39, 0.29) is 5.97 Å². The lowest BCUT2D eigenvalue weighted by Gasteiger charge is -2.01. The molecule has 0 saturated heterocycles. The van der Waals surface area contributed by atoms with Crippen molar-refractivity contribution in [1.29, 1.82) is 0 Å². The van der Waals surface area contributed by atoms with Crippen molar-refractivity contribution in [2.75, 3.05) is 0 Å². The van der Waals surface area contributed by atoms with Crippen molar-refractivity contribution in [2.45, 2.75) is 13.3 Å². The number of rotatable bonds is 3. The summed E-state index contributed by atoms with van der Waals surface area (Å²) in [6.45, 7) is 1.34. The Labute approximate surface area is 76.3 Å². The fraction of sp³-hybridized carbons (Fsp3) is 0.200. The van der Waals surface area contributed by atoms with Crippen molar-refractivity contribution >= 4 is 12.3 Å². The summed E-state index contributed by atoms with van der Waals surface area (Å²) in [6.07, 6.45) is 1.15. The smallest absolute Gasteiger partial charge is 0.308 e. The van der Waals surface area contributed by atoms with Crippen LogP contribution in [-0.4, -0.2) is 12.3 Å². The summed E-state index contributed by atoms with van der Waals surface area (Å²) in [5.41, 5.74) is 0.841. The second-order valence-corrected chi connectivity index (χ2v) is 2.61. The van der Waals surface area contributed by atoms with Crippen LogP contribution in [0.15, 0.2) is 24.3 Å². The minimum atomic E-state index is -0.358. The zero-order chi connectivity index (χ0) is 9.68. The Hall–Kier alpha value is -1.64. The standard InChI is InChI=1S/C10H10O3/c1-8(12)13-10-4-2-3-9(7-10)5-6-11/h2-4,6-7H,5H2,1H3. The Balaban J connectivity index is 2.78. The van der Waals surface area contributed by atoms with E-state index >= 15 is 0 Å². The van der Waals surface area contributed by atoms with E-state index in [1.165, 1.54) is 6.92 Å². The molecule has 0 fully saturated rings. The third-order valence-corrected chi connectivity index (χ3v) is 1.48. The molecule has 0 saturated carbocycles. The molecule has 0 aliphatic rings. The Bertz CT molecular complexity index is 318. The zero-order valence-corrected chi connectivity index (χ0v) is 7.32. The van der Waals surface area contributed by atoms with Crippen LogP contribution in [0.5, 0.6) is 5.75 Å². The summed E-state index contributed by atoms with van der Waals surface area (Å²) in [5, 5.41) is 0. The number of hydrogen-bond donors (Lipinski definition) is 0. The molecule has 0 bridgehead atoms. The van der Waals surface area contributed by atoms with Gasteiger partial charge in [-0.05, 0) is 17.7 Å². The number of ether oxygens (including phenoxy) is 1. The van der Waals surface area contributed by atoms with Crippen LogP contribution in [0.2, 0.25) is 0 Å². The van der Waals surface area contributed by atoms with E-state index < -0.39 is 0 Å². The second-order valence-electron chi connectivity index (χ2n) is 2.61. The van der Waals surface area contributed by atoms with Crippen LogP contribution in [0.25, 0.3) is 0 Å². The molecule has 3 nitrogen and oxygen atoms in total. The molecule has 68 valence electrons. The van der Waals surface area contributed by atoms with Gasteiger partial charge in [-0.25, -0.2) is 0 Å². The molecule has 1 aromatic rings. The van der Waals surface area contributed by atoms with Gasteiger partial charge in [0.05, 0.1) is 0 Å². The van der Waals surface area contributed by atoms with Crippen LogP contribution in [0.3, 0.4) is 0 Å². The normalized spacial score (nSPS) is 9.31. The highest BCUT2D eigenvalue weighted by atomic mass is 16.5. The van der Waals surface area contributed by atoms with E-state index in [0.29, 0.717) is 12.2 Å². The minimum absolute atomic E-state index is 0.342. The molecular weight excluding hydrogens is 168 g/mol. The maximum absolute atomic E-state index is 10.6. The third-order valence-electron chi connectivity index (χ3n) is 1.48. The van der Waals surface area contributed by atoms with Gasteiger partial charge in [-0.15, -0.1) is 0 Å². The summed E-state index contributed by atoms with van der Waals surface area (Å²) >= 11 is 0. The lowest BCUT2D eigenvalue weighted by atomic mass is 10.2. The molecule has 13 heavy (non-hydrogen) atoms. The van der Waals surface area contributed by atoms with Crippen molar-refractivity contribution in [3.05, 3.63) is 29.8 Å². The van der Waals surface area contributed by atoms with Crippen LogP contribution < -0.4 is 4.74 Å².